The number of nitrogens with zero attached hydrogens (tertiary/aromatic N) is 1. The van der Waals surface area contributed by atoms with Crippen LogP contribution in [0, 0.1) is 17.8 Å². The fourth-order valence-electron chi connectivity index (χ4n) is 2.69. The minimum absolute atomic E-state index is 0.0603. The molecule has 1 heterocycles. The van der Waals surface area contributed by atoms with Crippen LogP contribution in [0.4, 0.5) is 0 Å². The largest absolute Gasteiger partial charge is 0.508 e. The molecule has 0 spiro atoms. The number of piperidine rings is 1. The molecule has 0 bridgehead atoms. The molecule has 3 rings (SSSR count). The van der Waals surface area contributed by atoms with Crippen LogP contribution in [0.5, 0.6) is 5.75 Å². The van der Waals surface area contributed by atoms with Gasteiger partial charge >= 0.3 is 5.97 Å². The highest BCUT2D eigenvalue weighted by atomic mass is 16.4. The maximum Gasteiger partial charge on any atom is 0.308 e. The van der Waals surface area contributed by atoms with Crippen LogP contribution in [0.25, 0.3) is 0 Å². The van der Waals surface area contributed by atoms with E-state index in [9.17, 15) is 19.5 Å². The summed E-state index contributed by atoms with van der Waals surface area (Å²) < 4.78 is 0. The first-order valence-corrected chi connectivity index (χ1v) is 5.86. The molecule has 1 aromatic rings. The summed E-state index contributed by atoms with van der Waals surface area (Å²) in [7, 11) is 0. The Bertz CT molecular complexity index is 574. The van der Waals surface area contributed by atoms with Crippen LogP contribution in [0.15, 0.2) is 24.3 Å². The molecule has 6 heteroatoms. The van der Waals surface area contributed by atoms with E-state index in [2.05, 4.69) is 0 Å². The second-order valence-corrected chi connectivity index (χ2v) is 4.85. The van der Waals surface area contributed by atoms with E-state index in [0.29, 0.717) is 5.56 Å². The van der Waals surface area contributed by atoms with Gasteiger partial charge in [0.2, 0.25) is 11.8 Å². The number of benzene rings is 1. The van der Waals surface area contributed by atoms with Crippen molar-refractivity contribution in [3.63, 3.8) is 0 Å². The number of aromatic hydroxyl groups is 1. The molecule has 19 heavy (non-hydrogen) atoms. The Morgan fingerprint density at radius 1 is 1.21 bits per heavy atom. The molecule has 98 valence electrons. The minimum Gasteiger partial charge on any atom is -0.508 e. The first-order valence-electron chi connectivity index (χ1n) is 5.86. The number of likely N-dealkylation sites (tertiary alicyclic amines) is 1. The van der Waals surface area contributed by atoms with E-state index in [0.717, 1.165) is 4.90 Å². The van der Waals surface area contributed by atoms with Crippen molar-refractivity contribution in [1.29, 1.82) is 0 Å². The highest BCUT2D eigenvalue weighted by molar-refractivity contribution is 6.13. The number of fused-ring (bicyclic) bond motifs is 1. The molecule has 1 saturated heterocycles. The topological polar surface area (TPSA) is 94.9 Å². The van der Waals surface area contributed by atoms with Crippen molar-refractivity contribution in [2.75, 3.05) is 0 Å². The Labute approximate surface area is 108 Å². The Hall–Kier alpha value is -2.37. The smallest absolute Gasteiger partial charge is 0.308 e. The van der Waals surface area contributed by atoms with E-state index in [1.807, 2.05) is 0 Å². The van der Waals surface area contributed by atoms with Gasteiger partial charge in [0.15, 0.2) is 0 Å². The Balaban J connectivity index is 1.77. The van der Waals surface area contributed by atoms with Gasteiger partial charge in [0.1, 0.15) is 5.75 Å². The van der Waals surface area contributed by atoms with Crippen molar-refractivity contribution in [1.82, 2.24) is 4.90 Å². The van der Waals surface area contributed by atoms with Gasteiger partial charge in [-0.1, -0.05) is 12.1 Å². The average molecular weight is 261 g/mol. The van der Waals surface area contributed by atoms with Gasteiger partial charge in [0.05, 0.1) is 24.3 Å². The fraction of sp³-hybridized carbons (Fsp3) is 0.308. The lowest BCUT2D eigenvalue weighted by Gasteiger charge is -2.17. The zero-order valence-electron chi connectivity index (χ0n) is 9.81. The van der Waals surface area contributed by atoms with Crippen molar-refractivity contribution in [3.05, 3.63) is 29.8 Å². The highest BCUT2D eigenvalue weighted by Gasteiger charge is 2.70. The number of hydrogen-bond acceptors (Lipinski definition) is 4. The normalized spacial score (nSPS) is 28.4. The fourth-order valence-corrected chi connectivity index (χ4v) is 2.69. The lowest BCUT2D eigenvalue weighted by atomic mass is 10.2. The number of carboxylic acids is 1. The van der Waals surface area contributed by atoms with Crippen LogP contribution in [-0.2, 0) is 20.9 Å². The Morgan fingerprint density at radius 3 is 2.37 bits per heavy atom. The summed E-state index contributed by atoms with van der Waals surface area (Å²) >= 11 is 0. The third kappa shape index (κ3) is 1.68. The number of hydrogen-bond donors (Lipinski definition) is 2. The van der Waals surface area contributed by atoms with Crippen LogP contribution >= 0.6 is 0 Å². The van der Waals surface area contributed by atoms with E-state index in [1.165, 1.54) is 12.1 Å². The van der Waals surface area contributed by atoms with Crippen molar-refractivity contribution in [2.45, 2.75) is 6.54 Å². The van der Waals surface area contributed by atoms with E-state index in [-0.39, 0.29) is 12.3 Å². The van der Waals surface area contributed by atoms with Crippen molar-refractivity contribution >= 4 is 17.8 Å². The minimum atomic E-state index is -1.09. The van der Waals surface area contributed by atoms with E-state index in [4.69, 9.17) is 5.11 Å². The zero-order chi connectivity index (χ0) is 13.7. The van der Waals surface area contributed by atoms with Gasteiger partial charge in [-0.3, -0.25) is 19.3 Å². The predicted octanol–water partition coefficient (Wildman–Crippen LogP) is 0.208. The van der Waals surface area contributed by atoms with Crippen molar-refractivity contribution < 1.29 is 24.6 Å². The number of aliphatic carboxylic acids is 1. The molecule has 1 aliphatic carbocycles. The molecule has 6 nitrogen and oxygen atoms in total. The van der Waals surface area contributed by atoms with Crippen LogP contribution in [0.3, 0.4) is 0 Å². The van der Waals surface area contributed by atoms with Gasteiger partial charge in [-0.25, -0.2) is 0 Å². The molecule has 2 amide bonds. The summed E-state index contributed by atoms with van der Waals surface area (Å²) in [6.07, 6.45) is 0. The molecule has 2 N–H and O–H groups in total. The van der Waals surface area contributed by atoms with Crippen LogP contribution in [-0.4, -0.2) is 32.9 Å². The molecule has 2 fully saturated rings. The molecule has 2 atom stereocenters. The number of amides is 2. The summed E-state index contributed by atoms with van der Waals surface area (Å²) in [5.41, 5.74) is 0.634. The second-order valence-electron chi connectivity index (χ2n) is 4.85. The van der Waals surface area contributed by atoms with Crippen LogP contribution < -0.4 is 0 Å². The maximum absolute atomic E-state index is 11.9. The number of phenolic OH excluding ortho intramolecular Hbond substituents is 1. The molecule has 0 aromatic heterocycles. The lowest BCUT2D eigenvalue weighted by molar-refractivity contribution is -0.149. The van der Waals surface area contributed by atoms with Gasteiger partial charge in [-0.05, 0) is 17.7 Å². The predicted molar refractivity (Wildman–Crippen MR) is 61.8 cm³/mol. The number of carboxylic acid groups (broad SMARTS) is 1. The average Bonchev–Trinajstić information content (AvgIpc) is 3.04. The first-order chi connectivity index (χ1) is 9.00. The molecule has 1 saturated carbocycles. The summed E-state index contributed by atoms with van der Waals surface area (Å²) in [5.74, 6) is -4.11. The highest BCUT2D eigenvalue weighted by Crippen LogP contribution is 2.53. The molecule has 2 unspecified atom stereocenters. The molecule has 1 aromatic carbocycles. The molecule has 0 radical (unpaired) electrons. The monoisotopic (exact) mass is 261 g/mol. The van der Waals surface area contributed by atoms with Crippen LogP contribution in [0.1, 0.15) is 5.56 Å². The SMILES string of the molecule is O=C(O)C1C2C(=O)N(Cc3cccc(O)c3)C(=O)C12. The van der Waals surface area contributed by atoms with Crippen molar-refractivity contribution in [3.8, 4) is 5.75 Å². The van der Waals surface area contributed by atoms with Gasteiger partial charge in [-0.15, -0.1) is 0 Å². The quantitative estimate of drug-likeness (QED) is 0.758. The van der Waals surface area contributed by atoms with Crippen molar-refractivity contribution in [2.24, 2.45) is 17.8 Å². The number of carbonyl (C=O) groups is 3. The lowest BCUT2D eigenvalue weighted by Crippen LogP contribution is -2.35. The van der Waals surface area contributed by atoms with Gasteiger partial charge in [-0.2, -0.15) is 0 Å². The summed E-state index contributed by atoms with van der Waals surface area (Å²) in [6, 6.07) is 6.28. The van der Waals surface area contributed by atoms with Gasteiger partial charge in [0.25, 0.3) is 0 Å². The number of phenols is 1. The number of carbonyl (C=O) groups excluding carboxylic acids is 2. The summed E-state index contributed by atoms with van der Waals surface area (Å²) in [6.45, 7) is 0.0748. The Morgan fingerprint density at radius 2 is 1.84 bits per heavy atom. The Kier molecular flexibility index (Phi) is 2.35. The van der Waals surface area contributed by atoms with Crippen LogP contribution in [0.2, 0.25) is 0 Å². The molecule has 1 aliphatic heterocycles. The maximum atomic E-state index is 11.9. The first kappa shape index (κ1) is 11.7. The van der Waals surface area contributed by atoms with Gasteiger partial charge in [0, 0.05) is 0 Å². The second kappa shape index (κ2) is 3.81. The van der Waals surface area contributed by atoms with E-state index >= 15 is 0 Å². The zero-order valence-corrected chi connectivity index (χ0v) is 9.81. The molecular weight excluding hydrogens is 250 g/mol. The molecule has 2 aliphatic rings. The third-order valence-electron chi connectivity index (χ3n) is 3.66. The summed E-state index contributed by atoms with van der Waals surface area (Å²) in [5, 5.41) is 18.2. The van der Waals surface area contributed by atoms with E-state index < -0.39 is 35.5 Å². The number of imide groups is 1. The number of rotatable bonds is 3. The standard InChI is InChI=1S/C13H11NO5/c15-7-3-1-2-6(4-7)5-14-11(16)8-9(12(14)17)10(8)13(18)19/h1-4,8-10,15H,5H2,(H,18,19). The third-order valence-corrected chi connectivity index (χ3v) is 3.66. The van der Waals surface area contributed by atoms with Gasteiger partial charge < -0.3 is 10.2 Å². The summed E-state index contributed by atoms with van der Waals surface area (Å²) in [4.78, 5) is 35.8. The van der Waals surface area contributed by atoms with E-state index in [1.54, 1.807) is 12.1 Å². The molecular formula is C13H11NO5.